The van der Waals surface area contributed by atoms with Gasteiger partial charge in [0.25, 0.3) is 0 Å². The molecule has 0 saturated carbocycles. The molecule has 1 heterocycles. The lowest BCUT2D eigenvalue weighted by atomic mass is 10.0. The molecule has 0 saturated heterocycles. The maximum atomic E-state index is 11.3. The highest BCUT2D eigenvalue weighted by molar-refractivity contribution is 5.95. The Bertz CT molecular complexity index is 416. The zero-order valence-electron chi connectivity index (χ0n) is 10.7. The molecule has 0 aliphatic carbocycles. The second-order valence-corrected chi connectivity index (χ2v) is 4.16. The van der Waals surface area contributed by atoms with E-state index in [0.717, 1.165) is 11.3 Å². The summed E-state index contributed by atoms with van der Waals surface area (Å²) in [6.45, 7) is 7.76. The van der Waals surface area contributed by atoms with Crippen molar-refractivity contribution in [1.29, 1.82) is 0 Å². The Labute approximate surface area is 101 Å². The highest BCUT2D eigenvalue weighted by Gasteiger charge is 2.20. The van der Waals surface area contributed by atoms with Crippen molar-refractivity contribution >= 4 is 11.8 Å². The van der Waals surface area contributed by atoms with Crippen LogP contribution in [-0.2, 0) is 12.8 Å². The van der Waals surface area contributed by atoms with Gasteiger partial charge in [0, 0.05) is 6.04 Å². The predicted molar refractivity (Wildman–Crippen MR) is 66.5 cm³/mol. The molecular formula is C12H19N3O2. The number of nitrogens with one attached hydrogen (secondary N) is 1. The molecule has 0 radical (unpaired) electrons. The molecular weight excluding hydrogens is 218 g/mol. The Balaban J connectivity index is 3.36. The third kappa shape index (κ3) is 2.93. The standard InChI is InChI=1S/C12H19N3O2/c1-5-8-9(6-2)14-15-11(13-7(3)4)10(8)12(16)17/h7H,5-6H2,1-4H3,(H,13,15)(H,16,17). The van der Waals surface area contributed by atoms with Crippen molar-refractivity contribution < 1.29 is 9.90 Å². The minimum atomic E-state index is -0.949. The van der Waals surface area contributed by atoms with E-state index in [1.54, 1.807) is 0 Å². The van der Waals surface area contributed by atoms with Gasteiger partial charge in [0.2, 0.25) is 0 Å². The number of anilines is 1. The number of hydrogen-bond donors (Lipinski definition) is 2. The Morgan fingerprint density at radius 3 is 2.35 bits per heavy atom. The lowest BCUT2D eigenvalue weighted by Gasteiger charge is -2.15. The Kier molecular flexibility index (Phi) is 4.43. The summed E-state index contributed by atoms with van der Waals surface area (Å²) in [5.41, 5.74) is 1.80. The molecule has 0 fully saturated rings. The van der Waals surface area contributed by atoms with Crippen LogP contribution in [0, 0.1) is 0 Å². The van der Waals surface area contributed by atoms with Gasteiger partial charge in [-0.25, -0.2) is 4.79 Å². The third-order valence-electron chi connectivity index (χ3n) is 2.49. The van der Waals surface area contributed by atoms with E-state index in [-0.39, 0.29) is 11.6 Å². The smallest absolute Gasteiger partial charge is 0.339 e. The molecule has 1 aromatic heterocycles. The van der Waals surface area contributed by atoms with Crippen LogP contribution in [0.5, 0.6) is 0 Å². The largest absolute Gasteiger partial charge is 0.478 e. The summed E-state index contributed by atoms with van der Waals surface area (Å²) < 4.78 is 0. The Hall–Kier alpha value is -1.65. The summed E-state index contributed by atoms with van der Waals surface area (Å²) in [7, 11) is 0. The van der Waals surface area contributed by atoms with Gasteiger partial charge in [0.15, 0.2) is 5.82 Å². The number of carboxylic acids is 1. The first-order valence-electron chi connectivity index (χ1n) is 5.89. The van der Waals surface area contributed by atoms with E-state index in [0.29, 0.717) is 18.7 Å². The fourth-order valence-corrected chi connectivity index (χ4v) is 1.78. The van der Waals surface area contributed by atoms with Crippen molar-refractivity contribution in [2.45, 2.75) is 46.6 Å². The van der Waals surface area contributed by atoms with Crippen LogP contribution in [0.25, 0.3) is 0 Å². The van der Waals surface area contributed by atoms with Gasteiger partial charge < -0.3 is 10.4 Å². The molecule has 94 valence electrons. The van der Waals surface area contributed by atoms with Gasteiger partial charge in [-0.05, 0) is 32.3 Å². The molecule has 2 N–H and O–H groups in total. The van der Waals surface area contributed by atoms with Crippen molar-refractivity contribution in [2.75, 3.05) is 5.32 Å². The SMILES string of the molecule is CCc1nnc(NC(C)C)c(C(=O)O)c1CC. The van der Waals surface area contributed by atoms with Crippen molar-refractivity contribution in [3.63, 3.8) is 0 Å². The fourth-order valence-electron chi connectivity index (χ4n) is 1.78. The minimum Gasteiger partial charge on any atom is -0.478 e. The third-order valence-corrected chi connectivity index (χ3v) is 2.49. The molecule has 0 bridgehead atoms. The molecule has 0 aromatic carbocycles. The number of carbonyl (C=O) groups is 1. The van der Waals surface area contributed by atoms with Gasteiger partial charge >= 0.3 is 5.97 Å². The monoisotopic (exact) mass is 237 g/mol. The van der Waals surface area contributed by atoms with E-state index >= 15 is 0 Å². The van der Waals surface area contributed by atoms with E-state index in [4.69, 9.17) is 0 Å². The number of rotatable bonds is 5. The van der Waals surface area contributed by atoms with E-state index in [2.05, 4.69) is 15.5 Å². The molecule has 0 aliphatic rings. The van der Waals surface area contributed by atoms with Gasteiger partial charge in [-0.3, -0.25) is 0 Å². The van der Waals surface area contributed by atoms with Crippen molar-refractivity contribution in [3.8, 4) is 0 Å². The van der Waals surface area contributed by atoms with Gasteiger partial charge in [-0.2, -0.15) is 5.10 Å². The molecule has 0 unspecified atom stereocenters. The maximum Gasteiger partial charge on any atom is 0.339 e. The zero-order chi connectivity index (χ0) is 13.0. The normalized spacial score (nSPS) is 10.6. The van der Waals surface area contributed by atoms with Crippen molar-refractivity contribution in [3.05, 3.63) is 16.8 Å². The summed E-state index contributed by atoms with van der Waals surface area (Å²) in [6, 6.07) is 0.125. The lowest BCUT2D eigenvalue weighted by Crippen LogP contribution is -2.19. The molecule has 0 amide bonds. The molecule has 5 nitrogen and oxygen atoms in total. The van der Waals surface area contributed by atoms with Gasteiger partial charge in [0.05, 0.1) is 5.69 Å². The number of aromatic nitrogens is 2. The number of hydrogen-bond acceptors (Lipinski definition) is 4. The van der Waals surface area contributed by atoms with E-state index < -0.39 is 5.97 Å². The van der Waals surface area contributed by atoms with Crippen LogP contribution in [0.15, 0.2) is 0 Å². The van der Waals surface area contributed by atoms with Gasteiger partial charge in [0.1, 0.15) is 5.56 Å². The Morgan fingerprint density at radius 1 is 1.29 bits per heavy atom. The minimum absolute atomic E-state index is 0.125. The highest BCUT2D eigenvalue weighted by atomic mass is 16.4. The zero-order valence-corrected chi connectivity index (χ0v) is 10.7. The summed E-state index contributed by atoms with van der Waals surface area (Å²) in [5.74, 6) is -0.587. The highest BCUT2D eigenvalue weighted by Crippen LogP contribution is 2.21. The fraction of sp³-hybridized carbons (Fsp3) is 0.583. The molecule has 1 aromatic rings. The predicted octanol–water partition coefficient (Wildman–Crippen LogP) is 2.12. The number of nitrogens with zero attached hydrogens (tertiary/aromatic N) is 2. The van der Waals surface area contributed by atoms with Crippen LogP contribution < -0.4 is 5.32 Å². The van der Waals surface area contributed by atoms with Crippen molar-refractivity contribution in [2.24, 2.45) is 0 Å². The van der Waals surface area contributed by atoms with E-state index in [1.807, 2.05) is 27.7 Å². The molecule has 0 atom stereocenters. The maximum absolute atomic E-state index is 11.3. The second kappa shape index (κ2) is 5.61. The number of carboxylic acid groups (broad SMARTS) is 1. The average molecular weight is 237 g/mol. The average Bonchev–Trinajstić information content (AvgIpc) is 2.26. The van der Waals surface area contributed by atoms with Crippen molar-refractivity contribution in [1.82, 2.24) is 10.2 Å². The van der Waals surface area contributed by atoms with Crippen LogP contribution in [0.2, 0.25) is 0 Å². The Morgan fingerprint density at radius 2 is 1.94 bits per heavy atom. The van der Waals surface area contributed by atoms with Crippen LogP contribution in [-0.4, -0.2) is 27.3 Å². The molecule has 0 aliphatic heterocycles. The van der Waals surface area contributed by atoms with E-state index in [9.17, 15) is 9.90 Å². The van der Waals surface area contributed by atoms with Gasteiger partial charge in [-0.1, -0.05) is 13.8 Å². The van der Waals surface area contributed by atoms with Crippen LogP contribution in [0.1, 0.15) is 49.3 Å². The topological polar surface area (TPSA) is 75.1 Å². The summed E-state index contributed by atoms with van der Waals surface area (Å²) >= 11 is 0. The number of aromatic carboxylic acids is 1. The molecule has 1 rings (SSSR count). The first kappa shape index (κ1) is 13.4. The van der Waals surface area contributed by atoms with Crippen LogP contribution in [0.3, 0.4) is 0 Å². The first-order chi connectivity index (χ1) is 8.01. The quantitative estimate of drug-likeness (QED) is 0.820. The summed E-state index contributed by atoms with van der Waals surface area (Å²) in [4.78, 5) is 11.3. The molecule has 17 heavy (non-hydrogen) atoms. The second-order valence-electron chi connectivity index (χ2n) is 4.16. The molecule has 0 spiro atoms. The first-order valence-corrected chi connectivity index (χ1v) is 5.89. The molecule has 5 heteroatoms. The van der Waals surface area contributed by atoms with E-state index in [1.165, 1.54) is 0 Å². The van der Waals surface area contributed by atoms with Gasteiger partial charge in [-0.15, -0.1) is 5.10 Å². The van der Waals surface area contributed by atoms with Crippen LogP contribution >= 0.6 is 0 Å². The summed E-state index contributed by atoms with van der Waals surface area (Å²) in [5, 5.41) is 20.4. The lowest BCUT2D eigenvalue weighted by molar-refractivity contribution is 0.0696. The number of aryl methyl sites for hydroxylation is 1. The van der Waals surface area contributed by atoms with Crippen LogP contribution in [0.4, 0.5) is 5.82 Å². The summed E-state index contributed by atoms with van der Waals surface area (Å²) in [6.07, 6.45) is 1.34.